The first kappa shape index (κ1) is 25.4. The van der Waals surface area contributed by atoms with Crippen LogP contribution in [0, 0.1) is 0 Å². The van der Waals surface area contributed by atoms with E-state index in [1.165, 1.54) is 38.5 Å². The first-order valence-electron chi connectivity index (χ1n) is 8.82. The molecular formula is C18H36Cl3N2V-2. The molecule has 2 rings (SSSR count). The summed E-state index contributed by atoms with van der Waals surface area (Å²) in [5.74, 6) is 0. The molecule has 0 saturated carbocycles. The Kier molecular flexibility index (Phi) is 10.6. The third-order valence-corrected chi connectivity index (χ3v) is 4.36. The van der Waals surface area contributed by atoms with Crippen molar-refractivity contribution in [2.24, 2.45) is 0 Å². The molecule has 0 N–H and O–H groups in total. The van der Waals surface area contributed by atoms with Crippen LogP contribution in [-0.2, 0) is 12.3 Å². The summed E-state index contributed by atoms with van der Waals surface area (Å²) in [7, 11) is 14.9. The van der Waals surface area contributed by atoms with E-state index in [2.05, 4.69) is 55.4 Å². The molecular weight excluding hydrogens is 402 g/mol. The van der Waals surface area contributed by atoms with Crippen LogP contribution >= 0.6 is 29.5 Å². The van der Waals surface area contributed by atoms with Gasteiger partial charge in [-0.05, 0) is 0 Å². The minimum absolute atomic E-state index is 0.238. The van der Waals surface area contributed by atoms with E-state index in [4.69, 9.17) is 40.2 Å². The van der Waals surface area contributed by atoms with E-state index >= 15 is 0 Å². The maximum atomic E-state index is 4.95. The predicted octanol–water partition coefficient (Wildman–Crippen LogP) is 8.27. The van der Waals surface area contributed by atoms with Gasteiger partial charge in [0, 0.05) is 0 Å². The average molecular weight is 438 g/mol. The van der Waals surface area contributed by atoms with Crippen molar-refractivity contribution in [3.63, 3.8) is 0 Å². The summed E-state index contributed by atoms with van der Waals surface area (Å²) >= 11 is -1.77. The molecule has 2 aliphatic heterocycles. The van der Waals surface area contributed by atoms with Gasteiger partial charge >= 0.3 is 41.8 Å². The van der Waals surface area contributed by atoms with Crippen LogP contribution in [0.5, 0.6) is 0 Å². The van der Waals surface area contributed by atoms with E-state index < -0.39 is 12.3 Å². The number of piperidine rings is 2. The van der Waals surface area contributed by atoms with Crippen molar-refractivity contribution < 1.29 is 12.3 Å². The molecule has 24 heavy (non-hydrogen) atoms. The summed E-state index contributed by atoms with van der Waals surface area (Å²) in [6, 6.07) is 0. The summed E-state index contributed by atoms with van der Waals surface area (Å²) in [6.07, 6.45) is 7.72. The molecule has 0 unspecified atom stereocenters. The van der Waals surface area contributed by atoms with Crippen molar-refractivity contribution in [3.05, 3.63) is 10.6 Å². The van der Waals surface area contributed by atoms with Gasteiger partial charge in [0.05, 0.1) is 0 Å². The van der Waals surface area contributed by atoms with Gasteiger partial charge in [-0.15, -0.1) is 22.2 Å². The first-order valence-corrected chi connectivity index (χ1v) is 14.6. The standard InChI is InChI=1S/2C9H18N.3ClH.V/c2*1-8(2)6-5-7-9(3,4)10-8;;;;/h2*5-7H2,1-4H3;3*1H;/q2*-1;;;;+3/p-3. The normalized spacial score (nSPS) is 26.5. The Bertz CT molecular complexity index is 307. The molecule has 0 atom stereocenters. The summed E-state index contributed by atoms with van der Waals surface area (Å²) in [5, 5.41) is 9.49. The van der Waals surface area contributed by atoms with Gasteiger partial charge in [-0.3, -0.25) is 0 Å². The molecule has 2 heterocycles. The van der Waals surface area contributed by atoms with Crippen LogP contribution < -0.4 is 0 Å². The van der Waals surface area contributed by atoms with Gasteiger partial charge in [-0.25, -0.2) is 0 Å². The van der Waals surface area contributed by atoms with Crippen molar-refractivity contribution in [2.75, 3.05) is 0 Å². The molecule has 2 nitrogen and oxygen atoms in total. The molecule has 2 saturated heterocycles. The molecule has 0 aliphatic carbocycles. The number of hydrogen-bond donors (Lipinski definition) is 0. The van der Waals surface area contributed by atoms with Gasteiger partial charge in [0.2, 0.25) is 0 Å². The molecule has 0 radical (unpaired) electrons. The fourth-order valence-corrected chi connectivity index (χ4v) is 3.77. The quantitative estimate of drug-likeness (QED) is 0.365. The van der Waals surface area contributed by atoms with Crippen LogP contribution in [0.25, 0.3) is 10.6 Å². The maximum absolute atomic E-state index is 4.95. The zero-order valence-electron chi connectivity index (χ0n) is 16.7. The molecule has 0 aromatic heterocycles. The van der Waals surface area contributed by atoms with Crippen LogP contribution in [0.3, 0.4) is 0 Å². The van der Waals surface area contributed by atoms with Crippen LogP contribution in [0.2, 0.25) is 0 Å². The molecule has 6 heteroatoms. The van der Waals surface area contributed by atoms with Gasteiger partial charge in [-0.1, -0.05) is 93.9 Å². The second kappa shape index (κ2) is 10.1. The van der Waals surface area contributed by atoms with Gasteiger partial charge in [-0.2, -0.15) is 0 Å². The minimum atomic E-state index is -1.77. The molecule has 0 spiro atoms. The van der Waals surface area contributed by atoms with Crippen LogP contribution in [-0.4, -0.2) is 22.2 Å². The number of rotatable bonds is 0. The molecule has 0 bridgehead atoms. The SMILES string of the molecule is CC1(C)CCCC(C)(C)[N-]1.CC1(C)CCCC(C)(C)[N-]1.[Cl][V]([Cl])[Cl]. The van der Waals surface area contributed by atoms with Crippen LogP contribution in [0.15, 0.2) is 0 Å². The molecule has 146 valence electrons. The van der Waals surface area contributed by atoms with E-state index in [-0.39, 0.29) is 22.2 Å². The first-order chi connectivity index (χ1) is 10.6. The fraction of sp³-hybridized carbons (Fsp3) is 1.00. The monoisotopic (exact) mass is 436 g/mol. The summed E-state index contributed by atoms with van der Waals surface area (Å²) in [5.41, 5.74) is 0.951. The van der Waals surface area contributed by atoms with E-state index in [1.54, 1.807) is 0 Å². The van der Waals surface area contributed by atoms with Crippen LogP contribution in [0.1, 0.15) is 93.9 Å². The molecule has 2 aliphatic rings. The summed E-state index contributed by atoms with van der Waals surface area (Å²) in [4.78, 5) is 0. The van der Waals surface area contributed by atoms with Gasteiger partial charge < -0.3 is 10.6 Å². The van der Waals surface area contributed by atoms with E-state index in [0.29, 0.717) is 0 Å². The van der Waals surface area contributed by atoms with Crippen molar-refractivity contribution >= 4 is 29.5 Å². The Morgan fingerprint density at radius 1 is 0.542 bits per heavy atom. The third-order valence-electron chi connectivity index (χ3n) is 4.36. The molecule has 0 aromatic rings. The number of halogens is 3. The third kappa shape index (κ3) is 13.6. The second-order valence-electron chi connectivity index (χ2n) is 9.37. The second-order valence-corrected chi connectivity index (χ2v) is 16.3. The van der Waals surface area contributed by atoms with Crippen molar-refractivity contribution in [3.8, 4) is 0 Å². The Morgan fingerprint density at radius 3 is 0.792 bits per heavy atom. The fourth-order valence-electron chi connectivity index (χ4n) is 3.77. The topological polar surface area (TPSA) is 28.2 Å². The number of hydrogen-bond acceptors (Lipinski definition) is 0. The Hall–Kier alpha value is 1.37. The molecule has 2 fully saturated rings. The Labute approximate surface area is 168 Å². The van der Waals surface area contributed by atoms with E-state index in [9.17, 15) is 0 Å². The zero-order valence-corrected chi connectivity index (χ0v) is 20.4. The van der Waals surface area contributed by atoms with Gasteiger partial charge in [0.25, 0.3) is 0 Å². The van der Waals surface area contributed by atoms with Crippen molar-refractivity contribution in [1.29, 1.82) is 0 Å². The van der Waals surface area contributed by atoms with Gasteiger partial charge in [0.1, 0.15) is 0 Å². The molecule has 0 aromatic carbocycles. The summed E-state index contributed by atoms with van der Waals surface area (Å²) < 4.78 is 0. The molecule has 0 amide bonds. The van der Waals surface area contributed by atoms with Gasteiger partial charge in [0.15, 0.2) is 0 Å². The van der Waals surface area contributed by atoms with Crippen molar-refractivity contribution in [2.45, 2.75) is 116 Å². The Balaban J connectivity index is 0.000000363. The van der Waals surface area contributed by atoms with E-state index in [0.717, 1.165) is 0 Å². The van der Waals surface area contributed by atoms with Crippen molar-refractivity contribution in [1.82, 2.24) is 0 Å². The average Bonchev–Trinajstić information content (AvgIpc) is 2.21. The number of nitrogens with zero attached hydrogens (tertiary/aromatic N) is 2. The Morgan fingerprint density at radius 2 is 0.708 bits per heavy atom. The van der Waals surface area contributed by atoms with Crippen LogP contribution in [0.4, 0.5) is 0 Å². The predicted molar refractivity (Wildman–Crippen MR) is 108 cm³/mol. The zero-order chi connectivity index (χ0) is 19.2. The van der Waals surface area contributed by atoms with E-state index in [1.807, 2.05) is 0 Å². The summed E-state index contributed by atoms with van der Waals surface area (Å²) in [6.45, 7) is 17.8.